The Labute approximate surface area is 204 Å². The van der Waals surface area contributed by atoms with Crippen LogP contribution in [-0.4, -0.2) is 45.2 Å². The van der Waals surface area contributed by atoms with E-state index in [-0.39, 0.29) is 28.9 Å². The van der Waals surface area contributed by atoms with Gasteiger partial charge in [0, 0.05) is 43.4 Å². The number of halogens is 4. The van der Waals surface area contributed by atoms with Crippen LogP contribution in [-0.2, 0) is 12.7 Å². The fourth-order valence-corrected chi connectivity index (χ4v) is 4.77. The molecule has 0 spiro atoms. The third kappa shape index (κ3) is 4.58. The number of piperidine rings is 1. The molecular weight excluding hydrogens is 476 g/mol. The Morgan fingerprint density at radius 2 is 1.92 bits per heavy atom. The monoisotopic (exact) mass is 500 g/mol. The lowest BCUT2D eigenvalue weighted by Gasteiger charge is -2.34. The van der Waals surface area contributed by atoms with Crippen LogP contribution < -0.4 is 16.0 Å². The second-order valence-corrected chi connectivity index (χ2v) is 9.10. The molecule has 2 fully saturated rings. The SMILES string of the molecule is N#Cc1c(N)ncnc1N1CCC(c2nc(-c3ccc(F)c(C(F)(F)F)c3)cn2C[C@@H]2CCN2)CC1. The summed E-state index contributed by atoms with van der Waals surface area (Å²) in [5.74, 6) is 0.174. The van der Waals surface area contributed by atoms with E-state index in [1.54, 1.807) is 6.20 Å². The van der Waals surface area contributed by atoms with Gasteiger partial charge in [-0.3, -0.25) is 0 Å². The average Bonchev–Trinajstić information content (AvgIpc) is 3.25. The number of aromatic nitrogens is 4. The predicted octanol–water partition coefficient (Wildman–Crippen LogP) is 3.70. The maximum absolute atomic E-state index is 13.8. The highest BCUT2D eigenvalue weighted by Gasteiger charge is 2.35. The molecule has 0 radical (unpaired) electrons. The third-order valence-corrected chi connectivity index (χ3v) is 6.85. The van der Waals surface area contributed by atoms with E-state index in [4.69, 9.17) is 10.7 Å². The number of imidazole rings is 1. The summed E-state index contributed by atoms with van der Waals surface area (Å²) >= 11 is 0. The summed E-state index contributed by atoms with van der Waals surface area (Å²) in [4.78, 5) is 14.9. The molecule has 0 saturated carbocycles. The summed E-state index contributed by atoms with van der Waals surface area (Å²) in [6, 6.07) is 5.32. The minimum absolute atomic E-state index is 0.0577. The Bertz CT molecular complexity index is 1300. The van der Waals surface area contributed by atoms with E-state index in [2.05, 4.69) is 21.4 Å². The van der Waals surface area contributed by atoms with Gasteiger partial charge in [0.2, 0.25) is 0 Å². The van der Waals surface area contributed by atoms with Gasteiger partial charge in [-0.25, -0.2) is 19.3 Å². The van der Waals surface area contributed by atoms with Crippen LogP contribution in [0, 0.1) is 17.1 Å². The summed E-state index contributed by atoms with van der Waals surface area (Å²) in [6.45, 7) is 2.79. The molecule has 2 saturated heterocycles. The molecule has 188 valence electrons. The van der Waals surface area contributed by atoms with E-state index in [9.17, 15) is 22.8 Å². The van der Waals surface area contributed by atoms with Crippen LogP contribution in [0.4, 0.5) is 29.2 Å². The largest absolute Gasteiger partial charge is 0.419 e. The van der Waals surface area contributed by atoms with Gasteiger partial charge in [0.1, 0.15) is 35.4 Å². The van der Waals surface area contributed by atoms with Crippen molar-refractivity contribution in [2.24, 2.45) is 0 Å². The minimum atomic E-state index is -4.79. The summed E-state index contributed by atoms with van der Waals surface area (Å²) in [5.41, 5.74) is 5.38. The zero-order chi connectivity index (χ0) is 25.4. The van der Waals surface area contributed by atoms with Crippen LogP contribution in [0.25, 0.3) is 11.3 Å². The first-order valence-electron chi connectivity index (χ1n) is 11.7. The van der Waals surface area contributed by atoms with Gasteiger partial charge in [-0.05, 0) is 44.0 Å². The first-order chi connectivity index (χ1) is 17.2. The maximum atomic E-state index is 13.8. The molecule has 0 aliphatic carbocycles. The van der Waals surface area contributed by atoms with Gasteiger partial charge in [-0.15, -0.1) is 0 Å². The van der Waals surface area contributed by atoms with Crippen molar-refractivity contribution in [2.45, 2.75) is 43.9 Å². The normalized spacial score (nSPS) is 18.6. The molecule has 8 nitrogen and oxygen atoms in total. The molecule has 1 atom stereocenters. The first-order valence-corrected chi connectivity index (χ1v) is 11.7. The van der Waals surface area contributed by atoms with Crippen molar-refractivity contribution < 1.29 is 17.6 Å². The Hall–Kier alpha value is -3.72. The zero-order valence-corrected chi connectivity index (χ0v) is 19.3. The fourth-order valence-electron chi connectivity index (χ4n) is 4.77. The molecule has 3 aromatic rings. The number of benzene rings is 1. The first kappa shape index (κ1) is 24.0. The molecule has 1 aromatic carbocycles. The van der Waals surface area contributed by atoms with Gasteiger partial charge in [0.25, 0.3) is 0 Å². The average molecular weight is 501 g/mol. The summed E-state index contributed by atoms with van der Waals surface area (Å²) in [5, 5.41) is 12.8. The molecule has 12 heteroatoms. The zero-order valence-electron chi connectivity index (χ0n) is 19.3. The van der Waals surface area contributed by atoms with Crippen LogP contribution >= 0.6 is 0 Å². The van der Waals surface area contributed by atoms with E-state index in [0.29, 0.717) is 44.0 Å². The molecule has 0 bridgehead atoms. The van der Waals surface area contributed by atoms with Gasteiger partial charge in [-0.1, -0.05) is 0 Å². The Kier molecular flexibility index (Phi) is 6.26. The van der Waals surface area contributed by atoms with E-state index in [1.165, 1.54) is 12.4 Å². The molecule has 3 N–H and O–H groups in total. The fraction of sp³-hybridized carbons (Fsp3) is 0.417. The minimum Gasteiger partial charge on any atom is -0.382 e. The van der Waals surface area contributed by atoms with Crippen LogP contribution in [0.15, 0.2) is 30.7 Å². The Morgan fingerprint density at radius 3 is 2.56 bits per heavy atom. The number of nitrogens with zero attached hydrogens (tertiary/aromatic N) is 6. The number of alkyl halides is 3. The van der Waals surface area contributed by atoms with Crippen LogP contribution in [0.1, 0.15) is 42.1 Å². The number of nitriles is 1. The highest BCUT2D eigenvalue weighted by atomic mass is 19.4. The van der Waals surface area contributed by atoms with Crippen molar-refractivity contribution in [2.75, 3.05) is 30.3 Å². The summed E-state index contributed by atoms with van der Waals surface area (Å²) < 4.78 is 55.7. The smallest absolute Gasteiger partial charge is 0.382 e. The van der Waals surface area contributed by atoms with Gasteiger partial charge >= 0.3 is 6.18 Å². The number of rotatable bonds is 5. The summed E-state index contributed by atoms with van der Waals surface area (Å²) in [6.07, 6.45) is 0.724. The van der Waals surface area contributed by atoms with E-state index < -0.39 is 17.6 Å². The van der Waals surface area contributed by atoms with Crippen LogP contribution in [0.3, 0.4) is 0 Å². The number of anilines is 2. The van der Waals surface area contributed by atoms with Crippen molar-refractivity contribution in [3.8, 4) is 17.3 Å². The molecule has 2 aliphatic heterocycles. The second kappa shape index (κ2) is 9.39. The lowest BCUT2D eigenvalue weighted by molar-refractivity contribution is -0.139. The van der Waals surface area contributed by atoms with Gasteiger partial charge in [0.05, 0.1) is 11.3 Å². The van der Waals surface area contributed by atoms with Crippen molar-refractivity contribution in [1.29, 1.82) is 5.26 Å². The predicted molar refractivity (Wildman–Crippen MR) is 124 cm³/mol. The standard InChI is InChI=1S/C24H24F4N8/c25-19-2-1-15(9-18(19)24(26,27)28)20-12-36(11-16-3-6-31-16)22(34-20)14-4-7-35(8-5-14)23-17(10-29)21(30)32-13-33-23/h1-2,9,12-14,16,31H,3-8,11H2,(H2,30,32,33)/t16-/m0/s1. The molecule has 4 heterocycles. The molecular formula is C24H24F4N8. The highest BCUT2D eigenvalue weighted by molar-refractivity contribution is 5.63. The molecule has 36 heavy (non-hydrogen) atoms. The lowest BCUT2D eigenvalue weighted by atomic mass is 9.95. The number of hydrogen-bond donors (Lipinski definition) is 2. The van der Waals surface area contributed by atoms with E-state index >= 15 is 0 Å². The Balaban J connectivity index is 1.42. The van der Waals surface area contributed by atoms with Gasteiger partial charge < -0.3 is 20.5 Å². The third-order valence-electron chi connectivity index (χ3n) is 6.85. The quantitative estimate of drug-likeness (QED) is 0.515. The lowest BCUT2D eigenvalue weighted by Crippen LogP contribution is -2.45. The Morgan fingerprint density at radius 1 is 1.17 bits per heavy atom. The molecule has 0 amide bonds. The number of nitrogen functional groups attached to an aromatic ring is 1. The highest BCUT2D eigenvalue weighted by Crippen LogP contribution is 2.36. The van der Waals surface area contributed by atoms with E-state index in [1.807, 2.05) is 9.47 Å². The number of nitrogens with one attached hydrogen (secondary N) is 1. The molecule has 0 unspecified atom stereocenters. The number of nitrogens with two attached hydrogens (primary N) is 1. The second-order valence-electron chi connectivity index (χ2n) is 9.10. The van der Waals surface area contributed by atoms with Crippen LogP contribution in [0.2, 0.25) is 0 Å². The topological polar surface area (TPSA) is 109 Å². The van der Waals surface area contributed by atoms with E-state index in [0.717, 1.165) is 30.9 Å². The van der Waals surface area contributed by atoms with Crippen molar-refractivity contribution in [3.05, 3.63) is 53.5 Å². The number of hydrogen-bond acceptors (Lipinski definition) is 7. The van der Waals surface area contributed by atoms with Gasteiger partial charge in [-0.2, -0.15) is 18.4 Å². The van der Waals surface area contributed by atoms with Crippen molar-refractivity contribution in [1.82, 2.24) is 24.8 Å². The van der Waals surface area contributed by atoms with Crippen LogP contribution in [0.5, 0.6) is 0 Å². The maximum Gasteiger partial charge on any atom is 0.419 e. The summed E-state index contributed by atoms with van der Waals surface area (Å²) in [7, 11) is 0. The molecule has 5 rings (SSSR count). The molecule has 2 aromatic heterocycles. The molecule has 2 aliphatic rings. The van der Waals surface area contributed by atoms with Gasteiger partial charge in [0.15, 0.2) is 5.82 Å². The van der Waals surface area contributed by atoms with Crippen molar-refractivity contribution in [3.63, 3.8) is 0 Å². The van der Waals surface area contributed by atoms with Crippen molar-refractivity contribution >= 4 is 11.6 Å².